The first-order chi connectivity index (χ1) is 16.4. The summed E-state index contributed by atoms with van der Waals surface area (Å²) in [6, 6.07) is 10.2. The molecule has 0 aliphatic carbocycles. The van der Waals surface area contributed by atoms with E-state index in [0.717, 1.165) is 0 Å². The number of anilines is 1. The zero-order chi connectivity index (χ0) is 24.9. The summed E-state index contributed by atoms with van der Waals surface area (Å²) < 4.78 is 21.7. The number of methoxy groups -OCH3 is 1. The van der Waals surface area contributed by atoms with Crippen LogP contribution in [0.2, 0.25) is 0 Å². The van der Waals surface area contributed by atoms with Gasteiger partial charge in [-0.05, 0) is 59.6 Å². The molecule has 2 N–H and O–H groups in total. The Labute approximate surface area is 205 Å². The van der Waals surface area contributed by atoms with Gasteiger partial charge in [-0.15, -0.1) is 0 Å². The highest BCUT2D eigenvalue weighted by atomic mass is 79.9. The Balaban J connectivity index is 1.97. The van der Waals surface area contributed by atoms with E-state index in [2.05, 4.69) is 31.8 Å². The molecule has 0 aromatic heterocycles. The van der Waals surface area contributed by atoms with E-state index in [0.29, 0.717) is 39.6 Å². The molecule has 2 aromatic carbocycles. The third kappa shape index (κ3) is 8.39. The number of para-hydroxylation sites is 2. The molecule has 11 heteroatoms. The molecule has 0 saturated heterocycles. The Morgan fingerprint density at radius 2 is 1.79 bits per heavy atom. The monoisotopic (exact) mass is 535 g/mol. The van der Waals surface area contributed by atoms with Crippen molar-refractivity contribution in [1.29, 1.82) is 0 Å². The second-order valence-corrected chi connectivity index (χ2v) is 7.43. The van der Waals surface area contributed by atoms with Crippen LogP contribution in [0.3, 0.4) is 0 Å². The van der Waals surface area contributed by atoms with Crippen LogP contribution in [0.1, 0.15) is 25.8 Å². The molecule has 0 fully saturated rings. The first-order valence-corrected chi connectivity index (χ1v) is 11.2. The minimum absolute atomic E-state index is 0.255. The van der Waals surface area contributed by atoms with E-state index < -0.39 is 24.2 Å². The summed E-state index contributed by atoms with van der Waals surface area (Å²) >= 11 is 3.38. The van der Waals surface area contributed by atoms with Gasteiger partial charge in [-0.3, -0.25) is 9.59 Å². The highest BCUT2D eigenvalue weighted by Gasteiger charge is 2.15. The summed E-state index contributed by atoms with van der Waals surface area (Å²) in [5, 5.41) is 6.50. The van der Waals surface area contributed by atoms with Crippen LogP contribution in [-0.4, -0.2) is 50.9 Å². The number of hydrazone groups is 1. The number of halogens is 1. The first kappa shape index (κ1) is 26.7. The molecule has 0 aliphatic heterocycles. The van der Waals surface area contributed by atoms with Crippen molar-refractivity contribution in [3.8, 4) is 17.2 Å². The van der Waals surface area contributed by atoms with Crippen molar-refractivity contribution in [2.24, 2.45) is 5.10 Å². The number of hydrogen-bond donors (Lipinski definition) is 2. The lowest BCUT2D eigenvalue weighted by Gasteiger charge is -2.14. The quantitative estimate of drug-likeness (QED) is 0.185. The maximum absolute atomic E-state index is 12.1. The molecule has 0 bridgehead atoms. The van der Waals surface area contributed by atoms with E-state index in [4.69, 9.17) is 18.9 Å². The lowest BCUT2D eigenvalue weighted by atomic mass is 10.2. The molecule has 2 rings (SSSR count). The maximum atomic E-state index is 12.1. The van der Waals surface area contributed by atoms with E-state index in [-0.39, 0.29) is 13.2 Å². The highest BCUT2D eigenvalue weighted by Crippen LogP contribution is 2.36. The van der Waals surface area contributed by atoms with Crippen molar-refractivity contribution in [2.75, 3.05) is 32.2 Å². The molecule has 0 saturated carbocycles. The molecule has 2 amide bonds. The van der Waals surface area contributed by atoms with E-state index in [1.54, 1.807) is 50.2 Å². The first-order valence-electron chi connectivity index (χ1n) is 10.4. The fraction of sp³-hybridized carbons (Fsp3) is 0.304. The Morgan fingerprint density at radius 1 is 1.03 bits per heavy atom. The zero-order valence-electron chi connectivity index (χ0n) is 19.1. The van der Waals surface area contributed by atoms with Crippen molar-refractivity contribution in [1.82, 2.24) is 5.43 Å². The van der Waals surface area contributed by atoms with E-state index in [9.17, 15) is 14.4 Å². The predicted molar refractivity (Wildman–Crippen MR) is 129 cm³/mol. The minimum Gasteiger partial charge on any atom is -0.495 e. The van der Waals surface area contributed by atoms with Crippen LogP contribution in [0, 0.1) is 0 Å². The van der Waals surface area contributed by atoms with Gasteiger partial charge in [0.1, 0.15) is 12.2 Å². The Morgan fingerprint density at radius 3 is 2.50 bits per heavy atom. The standard InChI is InChI=1S/C23H26BrN3O7/c1-4-32-19-11-15(10-16(24)23(19)34-14-22(30)33-5-2)13-25-27-21(29)12-20(28)26-17-8-6-7-9-18(17)31-3/h6-11,13H,4-5,12,14H2,1-3H3,(H,26,28)(H,27,29). The number of hydrogen-bond acceptors (Lipinski definition) is 8. The van der Waals surface area contributed by atoms with Crippen LogP contribution < -0.4 is 25.0 Å². The van der Waals surface area contributed by atoms with Crippen LogP contribution in [-0.2, 0) is 19.1 Å². The molecule has 34 heavy (non-hydrogen) atoms. The van der Waals surface area contributed by atoms with Crippen LogP contribution in [0.15, 0.2) is 46.0 Å². The summed E-state index contributed by atoms with van der Waals surface area (Å²) in [5.74, 6) is -0.405. The van der Waals surface area contributed by atoms with Gasteiger partial charge >= 0.3 is 5.97 Å². The van der Waals surface area contributed by atoms with Crippen LogP contribution in [0.4, 0.5) is 5.69 Å². The lowest BCUT2D eigenvalue weighted by Crippen LogP contribution is -2.24. The number of amides is 2. The fourth-order valence-corrected chi connectivity index (χ4v) is 3.28. The van der Waals surface area contributed by atoms with Gasteiger partial charge in [0, 0.05) is 0 Å². The number of ether oxygens (including phenoxy) is 4. The van der Waals surface area contributed by atoms with Crippen LogP contribution >= 0.6 is 15.9 Å². The molecule has 10 nitrogen and oxygen atoms in total. The third-order valence-electron chi connectivity index (χ3n) is 4.08. The topological polar surface area (TPSA) is 125 Å². The van der Waals surface area contributed by atoms with Gasteiger partial charge in [0.15, 0.2) is 18.1 Å². The average Bonchev–Trinajstić information content (AvgIpc) is 2.79. The van der Waals surface area contributed by atoms with Gasteiger partial charge in [-0.2, -0.15) is 5.10 Å². The van der Waals surface area contributed by atoms with Crippen molar-refractivity contribution < 1.29 is 33.3 Å². The summed E-state index contributed by atoms with van der Waals surface area (Å²) in [7, 11) is 1.49. The molecule has 182 valence electrons. The van der Waals surface area contributed by atoms with Gasteiger partial charge in [0.05, 0.1) is 36.7 Å². The Hall–Kier alpha value is -3.60. The van der Waals surface area contributed by atoms with Gasteiger partial charge in [-0.25, -0.2) is 10.2 Å². The van der Waals surface area contributed by atoms with Crippen molar-refractivity contribution in [3.63, 3.8) is 0 Å². The SMILES string of the molecule is CCOC(=O)COc1c(Br)cc(C=NNC(=O)CC(=O)Nc2ccccc2OC)cc1OCC. The largest absolute Gasteiger partial charge is 0.495 e. The number of esters is 1. The molecule has 0 aliphatic rings. The van der Waals surface area contributed by atoms with Gasteiger partial charge < -0.3 is 24.3 Å². The smallest absolute Gasteiger partial charge is 0.344 e. The number of nitrogens with one attached hydrogen (secondary N) is 2. The summed E-state index contributed by atoms with van der Waals surface area (Å²) in [6.07, 6.45) is 0.961. The van der Waals surface area contributed by atoms with E-state index in [1.807, 2.05) is 0 Å². The maximum Gasteiger partial charge on any atom is 0.344 e. The van der Waals surface area contributed by atoms with Crippen molar-refractivity contribution >= 4 is 45.6 Å². The van der Waals surface area contributed by atoms with E-state index in [1.165, 1.54) is 13.3 Å². The third-order valence-corrected chi connectivity index (χ3v) is 4.67. The van der Waals surface area contributed by atoms with Gasteiger partial charge in [0.25, 0.3) is 0 Å². The molecule has 0 atom stereocenters. The normalized spacial score (nSPS) is 10.5. The molecule has 2 aromatic rings. The summed E-state index contributed by atoms with van der Waals surface area (Å²) in [4.78, 5) is 35.8. The number of carbonyl (C=O) groups excluding carboxylic acids is 3. The molecule has 0 radical (unpaired) electrons. The number of benzene rings is 2. The molecular weight excluding hydrogens is 510 g/mol. The van der Waals surface area contributed by atoms with Gasteiger partial charge in [-0.1, -0.05) is 12.1 Å². The van der Waals surface area contributed by atoms with E-state index >= 15 is 0 Å². The number of carbonyl (C=O) groups is 3. The Kier molecular flexibility index (Phi) is 10.8. The molecule has 0 spiro atoms. The summed E-state index contributed by atoms with van der Waals surface area (Å²) in [6.45, 7) is 3.86. The molecule has 0 heterocycles. The number of nitrogens with zero attached hydrogens (tertiary/aromatic N) is 1. The zero-order valence-corrected chi connectivity index (χ0v) is 20.6. The van der Waals surface area contributed by atoms with Crippen LogP contribution in [0.5, 0.6) is 17.2 Å². The summed E-state index contributed by atoms with van der Waals surface area (Å²) in [5.41, 5.74) is 3.35. The van der Waals surface area contributed by atoms with Gasteiger partial charge in [0.2, 0.25) is 11.8 Å². The lowest BCUT2D eigenvalue weighted by molar-refractivity contribution is -0.145. The van der Waals surface area contributed by atoms with Crippen molar-refractivity contribution in [2.45, 2.75) is 20.3 Å². The molecular formula is C23H26BrN3O7. The van der Waals surface area contributed by atoms with Crippen molar-refractivity contribution in [3.05, 3.63) is 46.4 Å². The van der Waals surface area contributed by atoms with Crippen LogP contribution in [0.25, 0.3) is 0 Å². The fourth-order valence-electron chi connectivity index (χ4n) is 2.71. The average molecular weight is 536 g/mol. The number of rotatable bonds is 12. The highest BCUT2D eigenvalue weighted by molar-refractivity contribution is 9.10. The second-order valence-electron chi connectivity index (χ2n) is 6.58. The Bertz CT molecular complexity index is 1040. The second kappa shape index (κ2) is 13.8. The molecule has 0 unspecified atom stereocenters. The minimum atomic E-state index is -0.595. The predicted octanol–water partition coefficient (Wildman–Crippen LogP) is 3.28.